The Kier molecular flexibility index (Phi) is 4.55. The topological polar surface area (TPSA) is 68.0 Å². The third-order valence-corrected chi connectivity index (χ3v) is 4.11. The van der Waals surface area contributed by atoms with Crippen LogP contribution in [-0.2, 0) is 11.2 Å². The minimum absolute atomic E-state index is 0.0564. The maximum absolute atomic E-state index is 11.9. The van der Waals surface area contributed by atoms with Crippen molar-refractivity contribution in [3.8, 4) is 0 Å². The van der Waals surface area contributed by atoms with Crippen molar-refractivity contribution in [3.63, 3.8) is 0 Å². The van der Waals surface area contributed by atoms with Crippen molar-refractivity contribution < 1.29 is 4.79 Å². The second-order valence-corrected chi connectivity index (χ2v) is 5.91. The van der Waals surface area contributed by atoms with Crippen LogP contribution >= 0.6 is 27.3 Å². The highest BCUT2D eigenvalue weighted by Crippen LogP contribution is 2.22. The molecule has 0 spiro atoms. The first-order valence-electron chi connectivity index (χ1n) is 5.80. The van der Waals surface area contributed by atoms with E-state index in [2.05, 4.69) is 26.2 Å². The number of aromatic nitrogens is 1. The minimum Gasteiger partial charge on any atom is -0.375 e. The molecule has 3 N–H and O–H groups in total. The summed E-state index contributed by atoms with van der Waals surface area (Å²) < 4.78 is 0.987. The molecule has 1 aromatic carbocycles. The number of hydrogen-bond donors (Lipinski definition) is 2. The third kappa shape index (κ3) is 3.78. The molecular weight excluding hydrogens is 326 g/mol. The fourth-order valence-electron chi connectivity index (χ4n) is 1.76. The highest BCUT2D eigenvalue weighted by Gasteiger charge is 2.13. The van der Waals surface area contributed by atoms with Gasteiger partial charge in [0.15, 0.2) is 5.13 Å². The summed E-state index contributed by atoms with van der Waals surface area (Å²) in [6.45, 7) is 1.95. The fourth-order valence-corrected chi connectivity index (χ4v) is 2.96. The Morgan fingerprint density at radius 1 is 1.53 bits per heavy atom. The Labute approximate surface area is 124 Å². The van der Waals surface area contributed by atoms with E-state index >= 15 is 0 Å². The van der Waals surface area contributed by atoms with E-state index in [0.717, 1.165) is 10.0 Å². The van der Waals surface area contributed by atoms with Gasteiger partial charge in [-0.05, 0) is 18.6 Å². The van der Waals surface area contributed by atoms with Gasteiger partial charge in [0.05, 0.1) is 18.2 Å². The molecule has 1 amide bonds. The minimum atomic E-state index is -0.0615. The van der Waals surface area contributed by atoms with Crippen molar-refractivity contribution in [1.82, 2.24) is 10.3 Å². The molecule has 0 unspecified atom stereocenters. The molecule has 2 aromatic rings. The standard InChI is InChI=1S/C13H14BrN3OS/c1-8(10-4-2-3-5-11(10)14)16-12(18)6-9-7-19-13(15)17-9/h2-5,7-8H,6H2,1H3,(H2,15,17)(H,16,18)/t8-/m1/s1. The summed E-state index contributed by atoms with van der Waals surface area (Å²) in [6.07, 6.45) is 0.252. The van der Waals surface area contributed by atoms with E-state index in [9.17, 15) is 4.79 Å². The van der Waals surface area contributed by atoms with Crippen LogP contribution in [0, 0.1) is 0 Å². The van der Waals surface area contributed by atoms with Crippen LogP contribution in [0.4, 0.5) is 5.13 Å². The number of benzene rings is 1. The van der Waals surface area contributed by atoms with Gasteiger partial charge in [-0.25, -0.2) is 4.98 Å². The second kappa shape index (κ2) is 6.16. The number of nitrogens with two attached hydrogens (primary N) is 1. The summed E-state index contributed by atoms with van der Waals surface area (Å²) in [6, 6.07) is 7.78. The zero-order valence-electron chi connectivity index (χ0n) is 10.4. The van der Waals surface area contributed by atoms with Gasteiger partial charge < -0.3 is 11.1 Å². The van der Waals surface area contributed by atoms with Gasteiger partial charge in [0.2, 0.25) is 5.91 Å². The number of halogens is 1. The van der Waals surface area contributed by atoms with Crippen LogP contribution in [0.5, 0.6) is 0 Å². The molecule has 100 valence electrons. The number of nitrogens with one attached hydrogen (secondary N) is 1. The molecule has 0 radical (unpaired) electrons. The second-order valence-electron chi connectivity index (χ2n) is 4.16. The van der Waals surface area contributed by atoms with Crippen LogP contribution in [-0.4, -0.2) is 10.9 Å². The van der Waals surface area contributed by atoms with E-state index < -0.39 is 0 Å². The lowest BCUT2D eigenvalue weighted by Crippen LogP contribution is -2.28. The lowest BCUT2D eigenvalue weighted by molar-refractivity contribution is -0.121. The van der Waals surface area contributed by atoms with E-state index in [1.807, 2.05) is 31.2 Å². The van der Waals surface area contributed by atoms with Crippen molar-refractivity contribution in [2.24, 2.45) is 0 Å². The molecule has 1 atom stereocenters. The van der Waals surface area contributed by atoms with Crippen molar-refractivity contribution in [1.29, 1.82) is 0 Å². The van der Waals surface area contributed by atoms with E-state index in [0.29, 0.717) is 10.8 Å². The van der Waals surface area contributed by atoms with Gasteiger partial charge in [0.1, 0.15) is 0 Å². The van der Waals surface area contributed by atoms with Gasteiger partial charge in [-0.3, -0.25) is 4.79 Å². The summed E-state index contributed by atoms with van der Waals surface area (Å²) >= 11 is 4.82. The molecule has 0 aliphatic rings. The van der Waals surface area contributed by atoms with Crippen molar-refractivity contribution in [2.45, 2.75) is 19.4 Å². The smallest absolute Gasteiger partial charge is 0.226 e. The van der Waals surface area contributed by atoms with Crippen LogP contribution in [0.1, 0.15) is 24.2 Å². The summed E-state index contributed by atoms with van der Waals surface area (Å²) in [5.74, 6) is -0.0615. The number of anilines is 1. The Hall–Kier alpha value is -1.40. The molecule has 0 fully saturated rings. The number of nitrogen functional groups attached to an aromatic ring is 1. The summed E-state index contributed by atoms with van der Waals surface area (Å²) in [4.78, 5) is 16.0. The predicted octanol–water partition coefficient (Wildman–Crippen LogP) is 2.91. The van der Waals surface area contributed by atoms with Crippen molar-refractivity contribution >= 4 is 38.3 Å². The Balaban J connectivity index is 1.97. The zero-order valence-corrected chi connectivity index (χ0v) is 12.8. The summed E-state index contributed by atoms with van der Waals surface area (Å²) in [5, 5.41) is 5.24. The van der Waals surface area contributed by atoms with E-state index in [-0.39, 0.29) is 18.4 Å². The van der Waals surface area contributed by atoms with Crippen molar-refractivity contribution in [3.05, 3.63) is 45.4 Å². The monoisotopic (exact) mass is 339 g/mol. The van der Waals surface area contributed by atoms with Gasteiger partial charge in [0.25, 0.3) is 0 Å². The molecule has 1 aromatic heterocycles. The van der Waals surface area contributed by atoms with Crippen LogP contribution < -0.4 is 11.1 Å². The number of carbonyl (C=O) groups excluding carboxylic acids is 1. The highest BCUT2D eigenvalue weighted by molar-refractivity contribution is 9.10. The van der Waals surface area contributed by atoms with Gasteiger partial charge in [0, 0.05) is 9.85 Å². The van der Waals surface area contributed by atoms with Gasteiger partial charge in [-0.2, -0.15) is 0 Å². The number of nitrogens with zero attached hydrogens (tertiary/aromatic N) is 1. The van der Waals surface area contributed by atoms with E-state index in [1.165, 1.54) is 11.3 Å². The molecule has 19 heavy (non-hydrogen) atoms. The largest absolute Gasteiger partial charge is 0.375 e. The zero-order chi connectivity index (χ0) is 13.8. The van der Waals surface area contributed by atoms with Crippen LogP contribution in [0.15, 0.2) is 34.1 Å². The molecule has 0 saturated carbocycles. The Morgan fingerprint density at radius 3 is 2.89 bits per heavy atom. The normalized spacial score (nSPS) is 12.1. The first-order chi connectivity index (χ1) is 9.06. The summed E-state index contributed by atoms with van der Waals surface area (Å²) in [5.41, 5.74) is 7.29. The Bertz CT molecular complexity index is 585. The lowest BCUT2D eigenvalue weighted by Gasteiger charge is -2.15. The van der Waals surface area contributed by atoms with E-state index in [4.69, 9.17) is 5.73 Å². The third-order valence-electron chi connectivity index (χ3n) is 2.66. The molecule has 2 rings (SSSR count). The fraction of sp³-hybridized carbons (Fsp3) is 0.231. The van der Waals surface area contributed by atoms with Crippen molar-refractivity contribution in [2.75, 3.05) is 5.73 Å². The van der Waals surface area contributed by atoms with Gasteiger partial charge in [-0.15, -0.1) is 11.3 Å². The highest BCUT2D eigenvalue weighted by atomic mass is 79.9. The number of carbonyl (C=O) groups is 1. The first kappa shape index (κ1) is 14.0. The molecule has 0 aliphatic heterocycles. The number of thiazole rings is 1. The maximum Gasteiger partial charge on any atom is 0.226 e. The number of rotatable bonds is 4. The molecule has 6 heteroatoms. The predicted molar refractivity (Wildman–Crippen MR) is 80.9 cm³/mol. The quantitative estimate of drug-likeness (QED) is 0.899. The number of hydrogen-bond acceptors (Lipinski definition) is 4. The molecular formula is C13H14BrN3OS. The molecule has 0 aliphatic carbocycles. The van der Waals surface area contributed by atoms with Crippen LogP contribution in [0.2, 0.25) is 0 Å². The van der Waals surface area contributed by atoms with Gasteiger partial charge in [-0.1, -0.05) is 34.1 Å². The lowest BCUT2D eigenvalue weighted by atomic mass is 10.1. The first-order valence-corrected chi connectivity index (χ1v) is 7.47. The van der Waals surface area contributed by atoms with E-state index in [1.54, 1.807) is 5.38 Å². The SMILES string of the molecule is C[C@@H](NC(=O)Cc1csc(N)n1)c1ccccc1Br. The molecule has 0 saturated heterocycles. The number of amides is 1. The average molecular weight is 340 g/mol. The molecule has 1 heterocycles. The van der Waals surface area contributed by atoms with Crippen LogP contribution in [0.3, 0.4) is 0 Å². The Morgan fingerprint density at radius 2 is 2.26 bits per heavy atom. The molecule has 0 bridgehead atoms. The maximum atomic E-state index is 11.9. The molecule has 4 nitrogen and oxygen atoms in total. The summed E-state index contributed by atoms with van der Waals surface area (Å²) in [7, 11) is 0. The van der Waals surface area contributed by atoms with Gasteiger partial charge >= 0.3 is 0 Å². The van der Waals surface area contributed by atoms with Crippen LogP contribution in [0.25, 0.3) is 0 Å². The average Bonchev–Trinajstić information content (AvgIpc) is 2.74.